The van der Waals surface area contributed by atoms with Gasteiger partial charge in [-0.15, -0.1) is 0 Å². The van der Waals surface area contributed by atoms with E-state index in [1.165, 1.54) is 5.57 Å². The molecule has 3 rings (SSSR count). The van der Waals surface area contributed by atoms with Crippen LogP contribution in [0.15, 0.2) is 11.1 Å². The molecular weight excluding hydrogens is 248 g/mol. The van der Waals surface area contributed by atoms with Gasteiger partial charge in [0.2, 0.25) is 0 Å². The minimum absolute atomic E-state index is 0.0593. The van der Waals surface area contributed by atoms with Crippen molar-refractivity contribution < 1.29 is 9.90 Å². The standard InChI is InChI=1S/C18H28O2/c1-15(2)6-12-7-17(5)9-16(3,4)10-18(20,11-17)14(12)13(19)8-15/h20H,6-11H2,1-5H3/t17-,18+/m1/s1. The highest BCUT2D eigenvalue weighted by molar-refractivity contribution is 5.99. The first kappa shape index (κ1) is 14.3. The van der Waals surface area contributed by atoms with Crippen molar-refractivity contribution in [3.8, 4) is 0 Å². The number of fused-ring (bicyclic) bond motifs is 3. The molecule has 20 heavy (non-hydrogen) atoms. The molecule has 0 aromatic heterocycles. The lowest BCUT2D eigenvalue weighted by atomic mass is 9.49. The largest absolute Gasteiger partial charge is 0.385 e. The van der Waals surface area contributed by atoms with Crippen LogP contribution in [0.1, 0.15) is 73.1 Å². The topological polar surface area (TPSA) is 37.3 Å². The molecule has 3 aliphatic carbocycles. The van der Waals surface area contributed by atoms with Gasteiger partial charge < -0.3 is 5.11 Å². The minimum atomic E-state index is -0.863. The van der Waals surface area contributed by atoms with Crippen LogP contribution in [0.25, 0.3) is 0 Å². The van der Waals surface area contributed by atoms with Crippen LogP contribution in [0.5, 0.6) is 0 Å². The van der Waals surface area contributed by atoms with Gasteiger partial charge in [-0.25, -0.2) is 0 Å². The van der Waals surface area contributed by atoms with Gasteiger partial charge >= 0.3 is 0 Å². The van der Waals surface area contributed by atoms with Crippen molar-refractivity contribution >= 4 is 5.78 Å². The number of allylic oxidation sites excluding steroid dienone is 1. The number of rotatable bonds is 0. The summed E-state index contributed by atoms with van der Waals surface area (Å²) >= 11 is 0. The van der Waals surface area contributed by atoms with Gasteiger partial charge in [-0.05, 0) is 48.3 Å². The lowest BCUT2D eigenvalue weighted by Crippen LogP contribution is -2.54. The van der Waals surface area contributed by atoms with Gasteiger partial charge in [0, 0.05) is 12.0 Å². The monoisotopic (exact) mass is 276 g/mol. The number of Topliss-reactive ketones (excluding diaryl/α,β-unsaturated/α-hetero) is 1. The van der Waals surface area contributed by atoms with Gasteiger partial charge in [0.05, 0.1) is 5.60 Å². The first-order valence-corrected chi connectivity index (χ1v) is 7.92. The number of carbonyl (C=O) groups is 1. The molecule has 0 amide bonds. The zero-order chi connectivity index (χ0) is 15.0. The van der Waals surface area contributed by atoms with Gasteiger partial charge in [0.1, 0.15) is 0 Å². The summed E-state index contributed by atoms with van der Waals surface area (Å²) in [4.78, 5) is 12.6. The van der Waals surface area contributed by atoms with Crippen LogP contribution in [0.3, 0.4) is 0 Å². The van der Waals surface area contributed by atoms with E-state index < -0.39 is 5.60 Å². The second-order valence-electron chi connectivity index (χ2n) is 9.63. The summed E-state index contributed by atoms with van der Waals surface area (Å²) in [5.41, 5.74) is 1.54. The Labute approximate surface area is 122 Å². The van der Waals surface area contributed by atoms with Crippen molar-refractivity contribution in [1.82, 2.24) is 0 Å². The van der Waals surface area contributed by atoms with Gasteiger partial charge in [-0.2, -0.15) is 0 Å². The van der Waals surface area contributed by atoms with Gasteiger partial charge in [0.25, 0.3) is 0 Å². The Morgan fingerprint density at radius 1 is 0.850 bits per heavy atom. The molecule has 1 fully saturated rings. The van der Waals surface area contributed by atoms with Crippen LogP contribution < -0.4 is 0 Å². The predicted molar refractivity (Wildman–Crippen MR) is 80.4 cm³/mol. The first-order chi connectivity index (χ1) is 8.94. The molecule has 2 atom stereocenters. The molecule has 0 saturated heterocycles. The third-order valence-electron chi connectivity index (χ3n) is 5.46. The molecule has 1 saturated carbocycles. The molecule has 1 N–H and O–H groups in total. The van der Waals surface area contributed by atoms with Crippen LogP contribution in [-0.4, -0.2) is 16.5 Å². The summed E-state index contributed by atoms with van der Waals surface area (Å²) in [6.45, 7) is 11.1. The smallest absolute Gasteiger partial charge is 0.162 e. The van der Waals surface area contributed by atoms with E-state index in [1.54, 1.807) is 0 Å². The fraction of sp³-hybridized carbons (Fsp3) is 0.833. The Hall–Kier alpha value is -0.630. The molecule has 112 valence electrons. The second kappa shape index (κ2) is 3.76. The second-order valence-corrected chi connectivity index (χ2v) is 9.63. The van der Waals surface area contributed by atoms with Gasteiger partial charge in [-0.3, -0.25) is 4.79 Å². The van der Waals surface area contributed by atoms with Crippen molar-refractivity contribution in [2.75, 3.05) is 0 Å². The average Bonchev–Trinajstić information content (AvgIpc) is 2.05. The first-order valence-electron chi connectivity index (χ1n) is 7.92. The number of hydrogen-bond donors (Lipinski definition) is 1. The number of aliphatic hydroxyl groups is 1. The van der Waals surface area contributed by atoms with E-state index in [0.717, 1.165) is 37.7 Å². The molecule has 2 heteroatoms. The van der Waals surface area contributed by atoms with Crippen LogP contribution >= 0.6 is 0 Å². The summed E-state index contributed by atoms with van der Waals surface area (Å²) in [5, 5.41) is 11.3. The molecular formula is C18H28O2. The number of hydrogen-bond acceptors (Lipinski definition) is 2. The van der Waals surface area contributed by atoms with E-state index in [-0.39, 0.29) is 22.0 Å². The molecule has 0 aromatic rings. The van der Waals surface area contributed by atoms with E-state index in [1.807, 2.05) is 0 Å². The summed E-state index contributed by atoms with van der Waals surface area (Å²) in [6.07, 6.45) is 5.23. The van der Waals surface area contributed by atoms with E-state index in [4.69, 9.17) is 0 Å². The SMILES string of the molecule is CC1(C)CC(=O)C2=C(C1)C[C@]1(C)CC(C)(C)C[C@]2(O)C1. The van der Waals surface area contributed by atoms with Crippen molar-refractivity contribution in [3.63, 3.8) is 0 Å². The quantitative estimate of drug-likeness (QED) is 0.725. The van der Waals surface area contributed by atoms with Crippen LogP contribution in [0.2, 0.25) is 0 Å². The van der Waals surface area contributed by atoms with Crippen LogP contribution in [0.4, 0.5) is 0 Å². The average molecular weight is 276 g/mol. The van der Waals surface area contributed by atoms with E-state index in [0.29, 0.717) is 6.42 Å². The summed E-state index contributed by atoms with van der Waals surface area (Å²) in [5.74, 6) is 0.207. The maximum Gasteiger partial charge on any atom is 0.162 e. The highest BCUT2D eigenvalue weighted by Crippen LogP contribution is 2.61. The molecule has 3 aliphatic rings. The van der Waals surface area contributed by atoms with Crippen molar-refractivity contribution in [1.29, 1.82) is 0 Å². The lowest BCUT2D eigenvalue weighted by Gasteiger charge is -2.57. The summed E-state index contributed by atoms with van der Waals surface area (Å²) in [6, 6.07) is 0. The zero-order valence-corrected chi connectivity index (χ0v) is 13.6. The zero-order valence-electron chi connectivity index (χ0n) is 13.6. The van der Waals surface area contributed by atoms with Gasteiger partial charge in [-0.1, -0.05) is 40.2 Å². The molecule has 0 aromatic carbocycles. The summed E-state index contributed by atoms with van der Waals surface area (Å²) in [7, 11) is 0. The maximum atomic E-state index is 12.6. The van der Waals surface area contributed by atoms with Crippen molar-refractivity contribution in [2.24, 2.45) is 16.2 Å². The van der Waals surface area contributed by atoms with E-state index in [2.05, 4.69) is 34.6 Å². The highest BCUT2D eigenvalue weighted by Gasteiger charge is 2.56. The Morgan fingerprint density at radius 2 is 1.50 bits per heavy atom. The summed E-state index contributed by atoms with van der Waals surface area (Å²) < 4.78 is 0. The molecule has 0 radical (unpaired) electrons. The van der Waals surface area contributed by atoms with Crippen molar-refractivity contribution in [2.45, 2.75) is 78.7 Å². The molecule has 2 nitrogen and oxygen atoms in total. The number of ketones is 1. The minimum Gasteiger partial charge on any atom is -0.385 e. The fourth-order valence-corrected chi connectivity index (χ4v) is 5.85. The highest BCUT2D eigenvalue weighted by atomic mass is 16.3. The maximum absolute atomic E-state index is 12.6. The van der Waals surface area contributed by atoms with Crippen molar-refractivity contribution in [3.05, 3.63) is 11.1 Å². The predicted octanol–water partition coefficient (Wildman–Crippen LogP) is 4.02. The molecule has 0 heterocycles. The third-order valence-corrected chi connectivity index (χ3v) is 5.46. The lowest BCUT2D eigenvalue weighted by molar-refractivity contribution is -0.127. The number of carbonyl (C=O) groups excluding carboxylic acids is 1. The van der Waals surface area contributed by atoms with E-state index in [9.17, 15) is 9.90 Å². The third kappa shape index (κ3) is 2.16. The molecule has 0 unspecified atom stereocenters. The molecule has 0 aliphatic heterocycles. The van der Waals surface area contributed by atoms with Crippen LogP contribution in [-0.2, 0) is 4.79 Å². The Balaban J connectivity index is 2.12. The normalized spacial score (nSPS) is 42.4. The van der Waals surface area contributed by atoms with Crippen LogP contribution in [0, 0.1) is 16.2 Å². The van der Waals surface area contributed by atoms with E-state index >= 15 is 0 Å². The molecule has 0 spiro atoms. The van der Waals surface area contributed by atoms with Gasteiger partial charge in [0.15, 0.2) is 5.78 Å². The Kier molecular flexibility index (Phi) is 2.69. The Morgan fingerprint density at radius 3 is 2.15 bits per heavy atom. The Bertz CT molecular complexity index is 512. The fourth-order valence-electron chi connectivity index (χ4n) is 5.85. The molecule has 2 bridgehead atoms.